The fraction of sp³-hybridized carbons (Fsp3) is 0.533. The molecular weight excluding hydrogens is 322 g/mol. The van der Waals surface area contributed by atoms with Crippen LogP contribution in [0, 0.1) is 0 Å². The van der Waals surface area contributed by atoms with Crippen LogP contribution in [0.3, 0.4) is 0 Å². The van der Waals surface area contributed by atoms with Crippen LogP contribution in [-0.4, -0.2) is 30.8 Å². The van der Waals surface area contributed by atoms with Crippen molar-refractivity contribution in [3.05, 3.63) is 28.7 Å². The summed E-state index contributed by atoms with van der Waals surface area (Å²) in [6.07, 6.45) is 1.15. The van der Waals surface area contributed by atoms with Gasteiger partial charge in [0, 0.05) is 23.0 Å². The van der Waals surface area contributed by atoms with Crippen LogP contribution in [0.15, 0.2) is 28.7 Å². The molecule has 20 heavy (non-hydrogen) atoms. The van der Waals surface area contributed by atoms with E-state index in [-0.39, 0.29) is 11.6 Å². The van der Waals surface area contributed by atoms with Gasteiger partial charge in [0.2, 0.25) is 0 Å². The second-order valence-electron chi connectivity index (χ2n) is 5.71. The Kier molecular flexibility index (Phi) is 4.39. The molecule has 1 aromatic carbocycles. The molecule has 0 radical (unpaired) electrons. The highest BCUT2D eigenvalue weighted by Gasteiger charge is 2.47. The number of carbonyl (C=O) groups is 1. The molecule has 0 aromatic heterocycles. The minimum atomic E-state index is -0.750. The Morgan fingerprint density at radius 2 is 2.10 bits per heavy atom. The molecule has 1 atom stereocenters. The van der Waals surface area contributed by atoms with Gasteiger partial charge in [-0.3, -0.25) is 0 Å². The van der Waals surface area contributed by atoms with Crippen molar-refractivity contribution in [1.29, 1.82) is 0 Å². The Bertz CT molecular complexity index is 504. The highest BCUT2D eigenvalue weighted by atomic mass is 79.9. The monoisotopic (exact) mass is 341 g/mol. The average molecular weight is 342 g/mol. The van der Waals surface area contributed by atoms with Crippen molar-refractivity contribution >= 4 is 27.6 Å². The van der Waals surface area contributed by atoms with Gasteiger partial charge in [0.15, 0.2) is 0 Å². The first-order chi connectivity index (χ1) is 9.38. The van der Waals surface area contributed by atoms with Crippen molar-refractivity contribution in [2.45, 2.75) is 37.8 Å². The van der Waals surface area contributed by atoms with Crippen molar-refractivity contribution in [2.24, 2.45) is 0 Å². The molecule has 110 valence electrons. The number of benzene rings is 1. The molecule has 1 unspecified atom stereocenters. The lowest BCUT2D eigenvalue weighted by Crippen LogP contribution is -2.56. The number of carbonyl (C=O) groups excluding carboxylic acids is 1. The van der Waals surface area contributed by atoms with E-state index in [1.165, 1.54) is 7.11 Å². The summed E-state index contributed by atoms with van der Waals surface area (Å²) in [5.41, 5.74) is -0.225. The van der Waals surface area contributed by atoms with E-state index in [0.717, 1.165) is 10.2 Å². The van der Waals surface area contributed by atoms with Crippen LogP contribution in [0.2, 0.25) is 0 Å². The van der Waals surface area contributed by atoms with Gasteiger partial charge in [-0.25, -0.2) is 4.79 Å². The van der Waals surface area contributed by atoms with E-state index in [9.17, 15) is 4.79 Å². The first kappa shape index (κ1) is 15.3. The van der Waals surface area contributed by atoms with E-state index < -0.39 is 5.54 Å². The molecule has 1 aliphatic heterocycles. The maximum atomic E-state index is 12.3. The highest BCUT2D eigenvalue weighted by molar-refractivity contribution is 9.10. The number of rotatable bonds is 3. The van der Waals surface area contributed by atoms with E-state index in [4.69, 9.17) is 9.47 Å². The van der Waals surface area contributed by atoms with Crippen LogP contribution in [-0.2, 0) is 14.3 Å². The van der Waals surface area contributed by atoms with Gasteiger partial charge in [-0.05, 0) is 41.9 Å². The molecule has 2 rings (SSSR count). The van der Waals surface area contributed by atoms with E-state index in [1.807, 2.05) is 38.1 Å². The van der Waals surface area contributed by atoms with Crippen molar-refractivity contribution < 1.29 is 14.3 Å². The van der Waals surface area contributed by atoms with Crippen molar-refractivity contribution in [1.82, 2.24) is 0 Å². The second-order valence-corrected chi connectivity index (χ2v) is 6.57. The number of halogens is 1. The van der Waals surface area contributed by atoms with Crippen LogP contribution in [0.25, 0.3) is 0 Å². The summed E-state index contributed by atoms with van der Waals surface area (Å²) in [6, 6.07) is 7.76. The predicted octanol–water partition coefficient (Wildman–Crippen LogP) is 3.36. The number of hydrogen-bond acceptors (Lipinski definition) is 4. The zero-order chi connectivity index (χ0) is 14.8. The van der Waals surface area contributed by atoms with Gasteiger partial charge in [-0.2, -0.15) is 0 Å². The predicted molar refractivity (Wildman–Crippen MR) is 81.8 cm³/mol. The summed E-state index contributed by atoms with van der Waals surface area (Å²) in [5.74, 6) is -0.246. The van der Waals surface area contributed by atoms with E-state index in [1.54, 1.807) is 0 Å². The zero-order valence-corrected chi connectivity index (χ0v) is 13.6. The maximum absolute atomic E-state index is 12.3. The molecule has 1 fully saturated rings. The molecule has 0 amide bonds. The molecule has 0 spiro atoms. The molecule has 4 nitrogen and oxygen atoms in total. The average Bonchev–Trinajstić information content (AvgIpc) is 2.39. The molecule has 1 N–H and O–H groups in total. The number of hydrogen-bond donors (Lipinski definition) is 1. The largest absolute Gasteiger partial charge is 0.467 e. The van der Waals surface area contributed by atoms with Crippen molar-refractivity contribution in [3.63, 3.8) is 0 Å². The van der Waals surface area contributed by atoms with Crippen LogP contribution < -0.4 is 5.32 Å². The number of methoxy groups -OCH3 is 1. The minimum Gasteiger partial charge on any atom is -0.467 e. The fourth-order valence-electron chi connectivity index (χ4n) is 2.72. The molecule has 1 heterocycles. The zero-order valence-electron chi connectivity index (χ0n) is 12.0. The standard InChI is InChI=1S/C15H20BrNO3/c1-14(2)10-15(8-9-20-14,13(18)19-3)17-12-7-5-4-6-11(12)16/h4-7,17H,8-10H2,1-3H3. The molecule has 5 heteroatoms. The number of para-hydroxylation sites is 1. The number of nitrogens with one attached hydrogen (secondary N) is 1. The van der Waals surface area contributed by atoms with Crippen LogP contribution in [0.4, 0.5) is 5.69 Å². The van der Waals surface area contributed by atoms with Crippen LogP contribution in [0.5, 0.6) is 0 Å². The van der Waals surface area contributed by atoms with Gasteiger partial charge >= 0.3 is 5.97 Å². The van der Waals surface area contributed by atoms with Gasteiger partial charge in [-0.15, -0.1) is 0 Å². The van der Waals surface area contributed by atoms with E-state index in [2.05, 4.69) is 21.2 Å². The molecule has 1 aromatic rings. The Balaban J connectivity index is 2.33. The first-order valence-electron chi connectivity index (χ1n) is 6.64. The summed E-state index contributed by atoms with van der Waals surface area (Å²) >= 11 is 3.50. The summed E-state index contributed by atoms with van der Waals surface area (Å²) in [4.78, 5) is 12.3. The fourth-order valence-corrected chi connectivity index (χ4v) is 3.10. The lowest BCUT2D eigenvalue weighted by molar-refractivity contribution is -0.156. The Morgan fingerprint density at radius 3 is 2.70 bits per heavy atom. The maximum Gasteiger partial charge on any atom is 0.331 e. The first-order valence-corrected chi connectivity index (χ1v) is 7.43. The van der Waals surface area contributed by atoms with Crippen LogP contribution in [0.1, 0.15) is 26.7 Å². The van der Waals surface area contributed by atoms with Crippen molar-refractivity contribution in [2.75, 3.05) is 19.0 Å². The van der Waals surface area contributed by atoms with Gasteiger partial charge in [0.05, 0.1) is 19.3 Å². The smallest absolute Gasteiger partial charge is 0.331 e. The molecule has 1 aliphatic rings. The number of esters is 1. The highest BCUT2D eigenvalue weighted by Crippen LogP contribution is 2.37. The number of anilines is 1. The van der Waals surface area contributed by atoms with Gasteiger partial charge in [0.1, 0.15) is 5.54 Å². The lowest BCUT2D eigenvalue weighted by atomic mass is 9.81. The summed E-state index contributed by atoms with van der Waals surface area (Å²) in [5, 5.41) is 3.37. The lowest BCUT2D eigenvalue weighted by Gasteiger charge is -2.43. The van der Waals surface area contributed by atoms with E-state index >= 15 is 0 Å². The van der Waals surface area contributed by atoms with Crippen LogP contribution >= 0.6 is 15.9 Å². The SMILES string of the molecule is COC(=O)C1(Nc2ccccc2Br)CCOC(C)(C)C1. The third kappa shape index (κ3) is 3.15. The van der Waals surface area contributed by atoms with Gasteiger partial charge in [-0.1, -0.05) is 12.1 Å². The molecule has 0 aliphatic carbocycles. The normalized spacial score (nSPS) is 25.0. The molecule has 0 bridgehead atoms. The third-order valence-electron chi connectivity index (χ3n) is 3.57. The quantitative estimate of drug-likeness (QED) is 0.856. The third-order valence-corrected chi connectivity index (χ3v) is 4.26. The van der Waals surface area contributed by atoms with Gasteiger partial charge in [0.25, 0.3) is 0 Å². The Morgan fingerprint density at radius 1 is 1.40 bits per heavy atom. The van der Waals surface area contributed by atoms with Crippen molar-refractivity contribution in [3.8, 4) is 0 Å². The summed E-state index contributed by atoms with van der Waals surface area (Å²) in [6.45, 7) is 4.51. The summed E-state index contributed by atoms with van der Waals surface area (Å²) < 4.78 is 11.7. The second kappa shape index (κ2) is 5.74. The Labute approximate surface area is 128 Å². The number of ether oxygens (including phenoxy) is 2. The Hall–Kier alpha value is -1.07. The van der Waals surface area contributed by atoms with E-state index in [0.29, 0.717) is 19.4 Å². The minimum absolute atomic E-state index is 0.246. The topological polar surface area (TPSA) is 47.6 Å². The molecule has 0 saturated carbocycles. The summed E-state index contributed by atoms with van der Waals surface area (Å²) in [7, 11) is 1.42. The molecule has 1 saturated heterocycles. The molecular formula is C15H20BrNO3. The van der Waals surface area contributed by atoms with Gasteiger partial charge < -0.3 is 14.8 Å².